The van der Waals surface area contributed by atoms with E-state index in [2.05, 4.69) is 5.32 Å². The molecule has 2 aromatic carbocycles. The van der Waals surface area contributed by atoms with Crippen LogP contribution in [0.3, 0.4) is 0 Å². The van der Waals surface area contributed by atoms with E-state index in [-0.39, 0.29) is 5.91 Å². The number of benzene rings is 2. The van der Waals surface area contributed by atoms with Crippen molar-refractivity contribution in [1.29, 1.82) is 0 Å². The van der Waals surface area contributed by atoms with Gasteiger partial charge < -0.3 is 10.1 Å². The third kappa shape index (κ3) is 3.73. The van der Waals surface area contributed by atoms with Gasteiger partial charge in [0.05, 0.1) is 19.2 Å². The molecular weight excluding hydrogens is 262 g/mol. The Bertz CT molecular complexity index is 570. The molecule has 0 heterocycles. The zero-order valence-corrected chi connectivity index (χ0v) is 11.3. The van der Waals surface area contributed by atoms with Crippen LogP contribution in [0.4, 0.5) is 5.69 Å². The maximum Gasteiger partial charge on any atom is 0.228 e. The van der Waals surface area contributed by atoms with Crippen molar-refractivity contribution < 1.29 is 9.53 Å². The summed E-state index contributed by atoms with van der Waals surface area (Å²) in [4.78, 5) is 12.0. The number of amides is 1. The Labute approximate surface area is 117 Å². The Morgan fingerprint density at radius 2 is 1.95 bits per heavy atom. The predicted octanol–water partition coefficient (Wildman–Crippen LogP) is 3.53. The molecule has 1 amide bonds. The van der Waals surface area contributed by atoms with Crippen molar-refractivity contribution in [2.75, 3.05) is 12.4 Å². The number of nitrogens with one attached hydrogen (secondary N) is 1. The lowest BCUT2D eigenvalue weighted by molar-refractivity contribution is -0.115. The van der Waals surface area contributed by atoms with Crippen molar-refractivity contribution >= 4 is 23.2 Å². The van der Waals surface area contributed by atoms with E-state index in [0.717, 1.165) is 5.56 Å². The average molecular weight is 276 g/mol. The minimum absolute atomic E-state index is 0.105. The van der Waals surface area contributed by atoms with Gasteiger partial charge in [0.15, 0.2) is 0 Å². The summed E-state index contributed by atoms with van der Waals surface area (Å²) in [5, 5.41) is 3.35. The predicted molar refractivity (Wildman–Crippen MR) is 76.8 cm³/mol. The summed E-state index contributed by atoms with van der Waals surface area (Å²) in [6, 6.07) is 14.7. The maximum absolute atomic E-state index is 12.0. The Morgan fingerprint density at radius 1 is 1.21 bits per heavy atom. The van der Waals surface area contributed by atoms with Crippen LogP contribution in [0.15, 0.2) is 48.5 Å². The molecule has 2 rings (SSSR count). The lowest BCUT2D eigenvalue weighted by Gasteiger charge is -2.10. The summed E-state index contributed by atoms with van der Waals surface area (Å²) in [6.45, 7) is 0. The topological polar surface area (TPSA) is 38.3 Å². The number of rotatable bonds is 4. The van der Waals surface area contributed by atoms with Crippen molar-refractivity contribution in [2.24, 2.45) is 0 Å². The van der Waals surface area contributed by atoms with Crippen molar-refractivity contribution in [1.82, 2.24) is 0 Å². The van der Waals surface area contributed by atoms with Gasteiger partial charge in [0.2, 0.25) is 5.91 Å². The van der Waals surface area contributed by atoms with Crippen LogP contribution in [0, 0.1) is 0 Å². The lowest BCUT2D eigenvalue weighted by Crippen LogP contribution is -2.14. The van der Waals surface area contributed by atoms with Crippen LogP contribution in [-0.4, -0.2) is 13.0 Å². The smallest absolute Gasteiger partial charge is 0.228 e. The maximum atomic E-state index is 12.0. The largest absolute Gasteiger partial charge is 0.495 e. The van der Waals surface area contributed by atoms with Gasteiger partial charge in [0, 0.05) is 5.02 Å². The Balaban J connectivity index is 2.09. The number of halogens is 1. The zero-order valence-electron chi connectivity index (χ0n) is 10.5. The summed E-state index contributed by atoms with van der Waals surface area (Å²) in [5.41, 5.74) is 1.54. The molecule has 0 bridgehead atoms. The number of hydrogen-bond donors (Lipinski definition) is 1. The summed E-state index contributed by atoms with van der Waals surface area (Å²) in [6.07, 6.45) is 0.316. The molecule has 0 aromatic heterocycles. The number of carbonyl (C=O) groups is 1. The molecule has 19 heavy (non-hydrogen) atoms. The molecule has 0 spiro atoms. The molecule has 0 radical (unpaired) electrons. The molecule has 0 saturated heterocycles. The molecule has 0 aliphatic heterocycles. The molecule has 1 N–H and O–H groups in total. The van der Waals surface area contributed by atoms with Gasteiger partial charge in [-0.05, 0) is 23.8 Å². The van der Waals surface area contributed by atoms with E-state index in [1.165, 1.54) is 0 Å². The minimum Gasteiger partial charge on any atom is -0.495 e. The SMILES string of the molecule is COc1ccc(Cl)cc1NC(=O)Cc1ccccc1. The van der Waals surface area contributed by atoms with Crippen LogP contribution in [0.1, 0.15) is 5.56 Å². The van der Waals surface area contributed by atoms with Crippen molar-refractivity contribution in [3.63, 3.8) is 0 Å². The molecule has 0 atom stereocenters. The second-order valence-electron chi connectivity index (χ2n) is 4.06. The quantitative estimate of drug-likeness (QED) is 0.927. The van der Waals surface area contributed by atoms with Crippen molar-refractivity contribution in [3.05, 3.63) is 59.1 Å². The zero-order chi connectivity index (χ0) is 13.7. The number of carbonyl (C=O) groups excluding carboxylic acids is 1. The molecule has 98 valence electrons. The molecule has 0 fully saturated rings. The molecule has 0 saturated carbocycles. The number of ether oxygens (including phenoxy) is 1. The molecule has 2 aromatic rings. The van der Waals surface area contributed by atoms with Crippen molar-refractivity contribution in [2.45, 2.75) is 6.42 Å². The van der Waals surface area contributed by atoms with Crippen molar-refractivity contribution in [3.8, 4) is 5.75 Å². The average Bonchev–Trinajstić information content (AvgIpc) is 2.40. The normalized spacial score (nSPS) is 10.0. The van der Waals surface area contributed by atoms with Gasteiger partial charge in [-0.3, -0.25) is 4.79 Å². The van der Waals surface area contributed by atoms with Crippen LogP contribution < -0.4 is 10.1 Å². The summed E-state index contributed by atoms with van der Waals surface area (Å²) in [5.74, 6) is 0.484. The second-order valence-corrected chi connectivity index (χ2v) is 4.49. The van der Waals surface area contributed by atoms with Gasteiger partial charge in [-0.1, -0.05) is 41.9 Å². The summed E-state index contributed by atoms with van der Waals surface area (Å²) < 4.78 is 5.18. The highest BCUT2D eigenvalue weighted by Gasteiger charge is 2.08. The summed E-state index contributed by atoms with van der Waals surface area (Å²) >= 11 is 5.91. The van der Waals surface area contributed by atoms with Gasteiger partial charge in [-0.25, -0.2) is 0 Å². The standard InChI is InChI=1S/C15H14ClNO2/c1-19-14-8-7-12(16)10-13(14)17-15(18)9-11-5-3-2-4-6-11/h2-8,10H,9H2,1H3,(H,17,18). The van der Waals surface area contributed by atoms with Crippen LogP contribution in [-0.2, 0) is 11.2 Å². The number of hydrogen-bond acceptors (Lipinski definition) is 2. The van der Waals surface area contributed by atoms with Crippen LogP contribution in [0.2, 0.25) is 5.02 Å². The van der Waals surface area contributed by atoms with E-state index in [1.807, 2.05) is 30.3 Å². The Kier molecular flexibility index (Phi) is 4.42. The van der Waals surface area contributed by atoms with E-state index in [1.54, 1.807) is 25.3 Å². The second kappa shape index (κ2) is 6.25. The first-order chi connectivity index (χ1) is 9.19. The van der Waals surface area contributed by atoms with Gasteiger partial charge >= 0.3 is 0 Å². The number of anilines is 1. The van der Waals surface area contributed by atoms with E-state index < -0.39 is 0 Å². The fourth-order valence-corrected chi connectivity index (χ4v) is 1.93. The van der Waals surface area contributed by atoms with Gasteiger partial charge in [-0.2, -0.15) is 0 Å². The van der Waals surface area contributed by atoms with Gasteiger partial charge in [0.25, 0.3) is 0 Å². The summed E-state index contributed by atoms with van der Waals surface area (Å²) in [7, 11) is 1.55. The van der Waals surface area contributed by atoms with Gasteiger partial charge in [-0.15, -0.1) is 0 Å². The monoisotopic (exact) mass is 275 g/mol. The minimum atomic E-state index is -0.105. The molecule has 3 nitrogen and oxygen atoms in total. The van der Waals surface area contributed by atoms with E-state index in [9.17, 15) is 4.79 Å². The highest BCUT2D eigenvalue weighted by Crippen LogP contribution is 2.27. The Morgan fingerprint density at radius 3 is 2.63 bits per heavy atom. The number of methoxy groups -OCH3 is 1. The molecule has 0 unspecified atom stereocenters. The fourth-order valence-electron chi connectivity index (χ4n) is 1.75. The first-order valence-corrected chi connectivity index (χ1v) is 6.24. The lowest BCUT2D eigenvalue weighted by atomic mass is 10.1. The van der Waals surface area contributed by atoms with Gasteiger partial charge in [0.1, 0.15) is 5.75 Å². The molecule has 4 heteroatoms. The highest BCUT2D eigenvalue weighted by atomic mass is 35.5. The highest BCUT2D eigenvalue weighted by molar-refractivity contribution is 6.31. The molecule has 0 aliphatic carbocycles. The third-order valence-corrected chi connectivity index (χ3v) is 2.88. The van der Waals surface area contributed by atoms with E-state index in [0.29, 0.717) is 22.9 Å². The van der Waals surface area contributed by atoms with Crippen LogP contribution in [0.5, 0.6) is 5.75 Å². The third-order valence-electron chi connectivity index (χ3n) is 2.64. The molecule has 0 aliphatic rings. The van der Waals surface area contributed by atoms with Crippen LogP contribution in [0.25, 0.3) is 0 Å². The first-order valence-electron chi connectivity index (χ1n) is 5.86. The molecular formula is C15H14ClNO2. The fraction of sp³-hybridized carbons (Fsp3) is 0.133. The van der Waals surface area contributed by atoms with E-state index in [4.69, 9.17) is 16.3 Å². The van der Waals surface area contributed by atoms with E-state index >= 15 is 0 Å². The Hall–Kier alpha value is -2.00. The van der Waals surface area contributed by atoms with Crippen LogP contribution >= 0.6 is 11.6 Å². The first kappa shape index (κ1) is 13.4.